The van der Waals surface area contributed by atoms with Crippen molar-refractivity contribution in [3.05, 3.63) is 12.7 Å². The molecule has 0 bridgehead atoms. The minimum absolute atomic E-state index is 0.254. The van der Waals surface area contributed by atoms with E-state index < -0.39 is 0 Å². The maximum atomic E-state index is 9.04. The van der Waals surface area contributed by atoms with Gasteiger partial charge in [-0.05, 0) is 26.9 Å². The Morgan fingerprint density at radius 2 is 2.33 bits per heavy atom. The molecule has 0 aliphatic carbocycles. The Bertz CT molecular complexity index is 115. The topological polar surface area (TPSA) is 35.5 Å². The predicted octanol–water partition coefficient (Wildman–Crippen LogP) is 0.422. The van der Waals surface area contributed by atoms with Crippen molar-refractivity contribution in [1.82, 2.24) is 10.2 Å². The third-order valence-electron chi connectivity index (χ3n) is 1.48. The zero-order chi connectivity index (χ0) is 9.40. The van der Waals surface area contributed by atoms with Gasteiger partial charge in [-0.25, -0.2) is 0 Å². The molecule has 12 heavy (non-hydrogen) atoms. The van der Waals surface area contributed by atoms with Gasteiger partial charge in [0.05, 0.1) is 6.10 Å². The molecule has 0 aromatic rings. The van der Waals surface area contributed by atoms with Crippen molar-refractivity contribution in [2.45, 2.75) is 19.4 Å². The van der Waals surface area contributed by atoms with E-state index >= 15 is 0 Å². The third kappa shape index (κ3) is 7.72. The molecular formula is C9H20N2O. The van der Waals surface area contributed by atoms with Crippen molar-refractivity contribution in [2.24, 2.45) is 0 Å². The monoisotopic (exact) mass is 172 g/mol. The van der Waals surface area contributed by atoms with E-state index in [2.05, 4.69) is 11.9 Å². The smallest absolute Gasteiger partial charge is 0.0639 e. The molecule has 0 aliphatic heterocycles. The maximum Gasteiger partial charge on any atom is 0.0639 e. The quantitative estimate of drug-likeness (QED) is 0.332. The first-order valence-corrected chi connectivity index (χ1v) is 4.35. The van der Waals surface area contributed by atoms with E-state index in [-0.39, 0.29) is 6.10 Å². The average Bonchev–Trinajstić information content (AvgIpc) is 1.97. The van der Waals surface area contributed by atoms with Gasteiger partial charge in [-0.1, -0.05) is 6.08 Å². The predicted molar refractivity (Wildman–Crippen MR) is 52.0 cm³/mol. The molecule has 1 atom stereocenters. The third-order valence-corrected chi connectivity index (χ3v) is 1.48. The lowest BCUT2D eigenvalue weighted by atomic mass is 10.4. The highest BCUT2D eigenvalue weighted by Crippen LogP contribution is 1.85. The number of hydrogen-bond donors (Lipinski definition) is 2. The highest BCUT2D eigenvalue weighted by molar-refractivity contribution is 4.67. The molecule has 0 saturated heterocycles. The Hall–Kier alpha value is -0.380. The molecule has 0 aromatic carbocycles. The molecule has 0 spiro atoms. The first-order chi connectivity index (χ1) is 5.66. The van der Waals surface area contributed by atoms with Gasteiger partial charge in [-0.15, -0.1) is 6.58 Å². The van der Waals surface area contributed by atoms with Crippen LogP contribution in [0, 0.1) is 0 Å². The molecule has 3 heteroatoms. The first kappa shape index (κ1) is 11.6. The normalized spacial score (nSPS) is 13.3. The lowest BCUT2D eigenvalue weighted by Crippen LogP contribution is -2.35. The molecule has 0 saturated carbocycles. The molecule has 2 N–H and O–H groups in total. The van der Waals surface area contributed by atoms with Gasteiger partial charge in [0, 0.05) is 13.2 Å². The number of hydrogen-bond acceptors (Lipinski definition) is 3. The molecule has 1 unspecified atom stereocenters. The average molecular weight is 172 g/mol. The van der Waals surface area contributed by atoms with Gasteiger partial charge in [0.2, 0.25) is 0 Å². The number of aliphatic hydroxyl groups is 1. The zero-order valence-corrected chi connectivity index (χ0v) is 8.08. The molecule has 72 valence electrons. The van der Waals surface area contributed by atoms with Crippen molar-refractivity contribution in [1.29, 1.82) is 0 Å². The second kappa shape index (κ2) is 7.28. The molecule has 3 nitrogen and oxygen atoms in total. The fourth-order valence-electron chi connectivity index (χ4n) is 0.990. The van der Waals surface area contributed by atoms with E-state index in [0.29, 0.717) is 6.54 Å². The van der Waals surface area contributed by atoms with Gasteiger partial charge in [0.25, 0.3) is 0 Å². The second-order valence-electron chi connectivity index (χ2n) is 3.12. The van der Waals surface area contributed by atoms with Crippen molar-refractivity contribution in [3.63, 3.8) is 0 Å². The van der Waals surface area contributed by atoms with Gasteiger partial charge in [-0.2, -0.15) is 0 Å². The van der Waals surface area contributed by atoms with Crippen LogP contribution in [0.2, 0.25) is 0 Å². The van der Waals surface area contributed by atoms with Crippen LogP contribution in [0.3, 0.4) is 0 Å². The molecule has 0 fully saturated rings. The minimum Gasteiger partial charge on any atom is -0.392 e. The molecule has 0 aromatic heterocycles. The number of likely N-dealkylation sites (N-methyl/N-ethyl adjacent to an activating group) is 1. The Morgan fingerprint density at radius 1 is 1.67 bits per heavy atom. The summed E-state index contributed by atoms with van der Waals surface area (Å²) in [7, 11) is 1.98. The van der Waals surface area contributed by atoms with Gasteiger partial charge in [0.15, 0.2) is 0 Å². The van der Waals surface area contributed by atoms with E-state index in [4.69, 9.17) is 5.11 Å². The maximum absolute atomic E-state index is 9.04. The molecule has 0 rings (SSSR count). The van der Waals surface area contributed by atoms with Crippen molar-refractivity contribution in [3.8, 4) is 0 Å². The largest absolute Gasteiger partial charge is 0.392 e. The van der Waals surface area contributed by atoms with Crippen LogP contribution in [0.25, 0.3) is 0 Å². The van der Waals surface area contributed by atoms with Crippen LogP contribution >= 0.6 is 0 Å². The molecular weight excluding hydrogens is 152 g/mol. The molecule has 0 radical (unpaired) electrons. The summed E-state index contributed by atoms with van der Waals surface area (Å²) in [4.78, 5) is 2.05. The van der Waals surface area contributed by atoms with Gasteiger partial charge >= 0.3 is 0 Å². The fourth-order valence-corrected chi connectivity index (χ4v) is 0.990. The summed E-state index contributed by atoms with van der Waals surface area (Å²) in [5.41, 5.74) is 0. The zero-order valence-electron chi connectivity index (χ0n) is 8.08. The summed E-state index contributed by atoms with van der Waals surface area (Å²) < 4.78 is 0. The van der Waals surface area contributed by atoms with Crippen LogP contribution in [0.15, 0.2) is 12.7 Å². The van der Waals surface area contributed by atoms with E-state index in [0.717, 1.165) is 19.6 Å². The van der Waals surface area contributed by atoms with Crippen LogP contribution in [-0.2, 0) is 0 Å². The van der Waals surface area contributed by atoms with Crippen molar-refractivity contribution >= 4 is 0 Å². The van der Waals surface area contributed by atoms with Gasteiger partial charge < -0.3 is 10.4 Å². The fraction of sp³-hybridized carbons (Fsp3) is 0.778. The van der Waals surface area contributed by atoms with Crippen LogP contribution < -0.4 is 5.32 Å². The Balaban J connectivity index is 3.19. The number of aliphatic hydroxyl groups excluding tert-OH is 1. The summed E-state index contributed by atoms with van der Waals surface area (Å²) in [5, 5.41) is 12.3. The summed E-state index contributed by atoms with van der Waals surface area (Å²) in [6, 6.07) is 0. The number of nitrogens with zero attached hydrogens (tertiary/aromatic N) is 1. The van der Waals surface area contributed by atoms with E-state index in [9.17, 15) is 0 Å². The number of nitrogens with one attached hydrogen (secondary N) is 1. The van der Waals surface area contributed by atoms with Crippen molar-refractivity contribution in [2.75, 3.05) is 26.8 Å². The molecule has 0 heterocycles. The minimum atomic E-state index is -0.254. The number of rotatable bonds is 7. The molecule has 0 amide bonds. The van der Waals surface area contributed by atoms with Crippen LogP contribution in [0.5, 0.6) is 0 Å². The van der Waals surface area contributed by atoms with Crippen LogP contribution in [0.1, 0.15) is 13.3 Å². The second-order valence-corrected chi connectivity index (χ2v) is 3.12. The molecule has 0 aliphatic rings. The first-order valence-electron chi connectivity index (χ1n) is 4.35. The lowest BCUT2D eigenvalue weighted by Gasteiger charge is -2.18. The Kier molecular flexibility index (Phi) is 7.05. The summed E-state index contributed by atoms with van der Waals surface area (Å²) >= 11 is 0. The van der Waals surface area contributed by atoms with E-state index in [1.54, 1.807) is 6.92 Å². The van der Waals surface area contributed by atoms with Crippen molar-refractivity contribution < 1.29 is 5.11 Å². The lowest BCUT2D eigenvalue weighted by molar-refractivity contribution is 0.137. The highest BCUT2D eigenvalue weighted by Gasteiger charge is 2.00. The van der Waals surface area contributed by atoms with E-state index in [1.807, 2.05) is 18.0 Å². The summed E-state index contributed by atoms with van der Waals surface area (Å²) in [5.74, 6) is 0. The summed E-state index contributed by atoms with van der Waals surface area (Å²) in [6.45, 7) is 7.90. The van der Waals surface area contributed by atoms with Crippen LogP contribution in [-0.4, -0.2) is 42.9 Å². The van der Waals surface area contributed by atoms with Gasteiger partial charge in [-0.3, -0.25) is 4.90 Å². The SMILES string of the molecule is C=CCCNCN(C)CC(C)O. The standard InChI is InChI=1S/C9H20N2O/c1-4-5-6-10-8-11(3)7-9(2)12/h4,9-10,12H,1,5-8H2,2-3H3. The van der Waals surface area contributed by atoms with E-state index in [1.165, 1.54) is 0 Å². The van der Waals surface area contributed by atoms with Gasteiger partial charge in [0.1, 0.15) is 0 Å². The Labute approximate surface area is 75.1 Å². The highest BCUT2D eigenvalue weighted by atomic mass is 16.3. The Morgan fingerprint density at radius 3 is 2.83 bits per heavy atom. The van der Waals surface area contributed by atoms with Crippen LogP contribution in [0.4, 0.5) is 0 Å². The summed E-state index contributed by atoms with van der Waals surface area (Å²) in [6.07, 6.45) is 2.63.